The minimum atomic E-state index is 0.497. The number of likely N-dealkylation sites (tertiary alicyclic amines) is 1. The van der Waals surface area contributed by atoms with E-state index >= 15 is 0 Å². The lowest BCUT2D eigenvalue weighted by Gasteiger charge is -2.42. The Morgan fingerprint density at radius 2 is 1.86 bits per heavy atom. The van der Waals surface area contributed by atoms with Crippen molar-refractivity contribution in [1.29, 1.82) is 0 Å². The summed E-state index contributed by atoms with van der Waals surface area (Å²) >= 11 is 2.16. The van der Waals surface area contributed by atoms with Crippen molar-refractivity contribution in [2.75, 3.05) is 13.1 Å². The van der Waals surface area contributed by atoms with Gasteiger partial charge in [-0.25, -0.2) is 0 Å². The Labute approximate surface area is 93.6 Å². The highest BCUT2D eigenvalue weighted by molar-refractivity contribution is 8.01. The molecule has 1 aliphatic heterocycles. The first-order valence-corrected chi connectivity index (χ1v) is 6.73. The monoisotopic (exact) mass is 215 g/mol. The summed E-state index contributed by atoms with van der Waals surface area (Å²) in [7, 11) is 0. The molecule has 1 unspecified atom stereocenters. The number of rotatable bonds is 3. The van der Waals surface area contributed by atoms with E-state index in [-0.39, 0.29) is 0 Å². The summed E-state index contributed by atoms with van der Waals surface area (Å²) in [5.41, 5.74) is 0. The Morgan fingerprint density at radius 3 is 2.36 bits per heavy atom. The van der Waals surface area contributed by atoms with Gasteiger partial charge >= 0.3 is 0 Å². The lowest BCUT2D eigenvalue weighted by molar-refractivity contribution is 0.161. The second-order valence-corrected chi connectivity index (χ2v) is 7.45. The standard InChI is InChI=1S/C12H25NS/c1-10(2)13-8-6-7-12(5,9-13)14-11(3)4/h10-11H,6-9H2,1-5H3. The number of hydrogen-bond donors (Lipinski definition) is 0. The van der Waals surface area contributed by atoms with E-state index in [1.165, 1.54) is 25.9 Å². The van der Waals surface area contributed by atoms with Crippen molar-refractivity contribution in [3.63, 3.8) is 0 Å². The van der Waals surface area contributed by atoms with Crippen LogP contribution < -0.4 is 0 Å². The molecule has 1 nitrogen and oxygen atoms in total. The minimum Gasteiger partial charge on any atom is -0.300 e. The minimum absolute atomic E-state index is 0.497. The molecule has 0 amide bonds. The molecular formula is C12H25NS. The van der Waals surface area contributed by atoms with Gasteiger partial charge in [0.25, 0.3) is 0 Å². The van der Waals surface area contributed by atoms with Crippen molar-refractivity contribution in [2.45, 2.75) is 63.5 Å². The molecule has 1 aliphatic rings. The highest BCUT2D eigenvalue weighted by atomic mass is 32.2. The molecular weight excluding hydrogens is 190 g/mol. The molecule has 0 saturated carbocycles. The Bertz CT molecular complexity index is 179. The van der Waals surface area contributed by atoms with Gasteiger partial charge in [-0.05, 0) is 45.4 Å². The summed E-state index contributed by atoms with van der Waals surface area (Å²) in [5.74, 6) is 0. The zero-order valence-corrected chi connectivity index (χ0v) is 11.2. The highest BCUT2D eigenvalue weighted by Crippen LogP contribution is 2.37. The zero-order valence-electron chi connectivity index (χ0n) is 10.3. The molecule has 0 aromatic heterocycles. The van der Waals surface area contributed by atoms with Gasteiger partial charge in [0.15, 0.2) is 0 Å². The van der Waals surface area contributed by atoms with Crippen LogP contribution in [0, 0.1) is 0 Å². The maximum atomic E-state index is 2.62. The molecule has 0 spiro atoms. The smallest absolute Gasteiger partial charge is 0.0262 e. The molecule has 1 saturated heterocycles. The summed E-state index contributed by atoms with van der Waals surface area (Å²) < 4.78 is 0.497. The van der Waals surface area contributed by atoms with E-state index in [9.17, 15) is 0 Å². The fraction of sp³-hybridized carbons (Fsp3) is 1.00. The highest BCUT2D eigenvalue weighted by Gasteiger charge is 2.32. The van der Waals surface area contributed by atoms with Crippen molar-refractivity contribution in [2.24, 2.45) is 0 Å². The molecule has 1 fully saturated rings. The largest absolute Gasteiger partial charge is 0.300 e. The van der Waals surface area contributed by atoms with E-state index in [0.29, 0.717) is 10.8 Å². The number of hydrogen-bond acceptors (Lipinski definition) is 2. The molecule has 1 rings (SSSR count). The van der Waals surface area contributed by atoms with E-state index in [1.54, 1.807) is 0 Å². The predicted molar refractivity (Wildman–Crippen MR) is 67.1 cm³/mol. The van der Waals surface area contributed by atoms with Crippen molar-refractivity contribution < 1.29 is 0 Å². The van der Waals surface area contributed by atoms with Crippen LogP contribution in [0.5, 0.6) is 0 Å². The van der Waals surface area contributed by atoms with Gasteiger partial charge in [0.2, 0.25) is 0 Å². The van der Waals surface area contributed by atoms with Gasteiger partial charge in [0, 0.05) is 17.3 Å². The zero-order chi connectivity index (χ0) is 10.8. The average molecular weight is 215 g/mol. The van der Waals surface area contributed by atoms with Crippen LogP contribution in [0.15, 0.2) is 0 Å². The summed E-state index contributed by atoms with van der Waals surface area (Å²) in [6, 6.07) is 0.711. The van der Waals surface area contributed by atoms with Crippen molar-refractivity contribution in [3.05, 3.63) is 0 Å². The molecule has 0 aliphatic carbocycles. The second-order valence-electron chi connectivity index (χ2n) is 5.28. The number of thioether (sulfide) groups is 1. The second kappa shape index (κ2) is 4.89. The molecule has 0 bridgehead atoms. The molecule has 2 heteroatoms. The molecule has 0 N–H and O–H groups in total. The summed E-state index contributed by atoms with van der Waals surface area (Å²) in [6.45, 7) is 14.2. The van der Waals surface area contributed by atoms with Crippen LogP contribution >= 0.6 is 11.8 Å². The van der Waals surface area contributed by atoms with Gasteiger partial charge in [-0.2, -0.15) is 11.8 Å². The first-order chi connectivity index (χ1) is 6.43. The van der Waals surface area contributed by atoms with E-state index in [4.69, 9.17) is 0 Å². The molecule has 0 radical (unpaired) electrons. The van der Waals surface area contributed by atoms with Gasteiger partial charge in [0.05, 0.1) is 0 Å². The lowest BCUT2D eigenvalue weighted by Crippen LogP contribution is -2.47. The third-order valence-corrected chi connectivity index (χ3v) is 4.31. The third kappa shape index (κ3) is 3.47. The van der Waals surface area contributed by atoms with E-state index in [2.05, 4.69) is 51.3 Å². The molecule has 14 heavy (non-hydrogen) atoms. The quantitative estimate of drug-likeness (QED) is 0.710. The molecule has 1 atom stereocenters. The maximum Gasteiger partial charge on any atom is 0.0262 e. The Balaban J connectivity index is 2.53. The first kappa shape index (κ1) is 12.4. The molecule has 0 aromatic carbocycles. The molecule has 0 aromatic rings. The maximum absolute atomic E-state index is 2.62. The van der Waals surface area contributed by atoms with Crippen LogP contribution in [0.1, 0.15) is 47.5 Å². The summed E-state index contributed by atoms with van der Waals surface area (Å²) in [6.07, 6.45) is 2.76. The van der Waals surface area contributed by atoms with Crippen molar-refractivity contribution in [1.82, 2.24) is 4.90 Å². The Kier molecular flexibility index (Phi) is 4.32. The fourth-order valence-corrected chi connectivity index (χ4v) is 3.99. The van der Waals surface area contributed by atoms with Crippen LogP contribution in [0.4, 0.5) is 0 Å². The average Bonchev–Trinajstić information content (AvgIpc) is 2.01. The van der Waals surface area contributed by atoms with E-state index in [1.807, 2.05) is 0 Å². The van der Waals surface area contributed by atoms with E-state index in [0.717, 1.165) is 5.25 Å². The van der Waals surface area contributed by atoms with Crippen LogP contribution in [-0.4, -0.2) is 34.0 Å². The van der Waals surface area contributed by atoms with Crippen molar-refractivity contribution >= 4 is 11.8 Å². The van der Waals surface area contributed by atoms with Crippen molar-refractivity contribution in [3.8, 4) is 0 Å². The SMILES string of the molecule is CC(C)SC1(C)CCCN(C(C)C)C1. The van der Waals surface area contributed by atoms with Gasteiger partial charge in [0.1, 0.15) is 0 Å². The van der Waals surface area contributed by atoms with Crippen LogP contribution in [0.3, 0.4) is 0 Å². The summed E-state index contributed by atoms with van der Waals surface area (Å²) in [4.78, 5) is 2.62. The number of nitrogens with zero attached hydrogens (tertiary/aromatic N) is 1. The summed E-state index contributed by atoms with van der Waals surface area (Å²) in [5, 5.41) is 0.757. The van der Waals surface area contributed by atoms with Gasteiger partial charge in [-0.3, -0.25) is 4.90 Å². The van der Waals surface area contributed by atoms with Crippen LogP contribution in [0.25, 0.3) is 0 Å². The van der Waals surface area contributed by atoms with Gasteiger partial charge in [-0.15, -0.1) is 0 Å². The first-order valence-electron chi connectivity index (χ1n) is 5.85. The fourth-order valence-electron chi connectivity index (χ4n) is 2.35. The van der Waals surface area contributed by atoms with Gasteiger partial charge < -0.3 is 0 Å². The third-order valence-electron chi connectivity index (χ3n) is 2.94. The number of piperidine rings is 1. The predicted octanol–water partition coefficient (Wildman–Crippen LogP) is 3.39. The Hall–Kier alpha value is 0.310. The Morgan fingerprint density at radius 1 is 1.21 bits per heavy atom. The van der Waals surface area contributed by atoms with Crippen LogP contribution in [-0.2, 0) is 0 Å². The van der Waals surface area contributed by atoms with Gasteiger partial charge in [-0.1, -0.05) is 13.8 Å². The lowest BCUT2D eigenvalue weighted by atomic mass is 9.98. The van der Waals surface area contributed by atoms with E-state index < -0.39 is 0 Å². The molecule has 84 valence electrons. The normalized spacial score (nSPS) is 30.2. The van der Waals surface area contributed by atoms with Crippen LogP contribution in [0.2, 0.25) is 0 Å². The topological polar surface area (TPSA) is 3.24 Å². The molecule has 1 heterocycles.